The van der Waals surface area contributed by atoms with Crippen molar-refractivity contribution in [1.29, 1.82) is 0 Å². The average Bonchev–Trinajstić information content (AvgIpc) is 2.84. The molecule has 1 atom stereocenters. The summed E-state index contributed by atoms with van der Waals surface area (Å²) in [7, 11) is 0. The first-order valence-corrected chi connectivity index (χ1v) is 13.0. The molecule has 1 fully saturated rings. The highest BCUT2D eigenvalue weighted by atomic mass is 16.5. The fourth-order valence-corrected chi connectivity index (χ4v) is 4.96. The first-order valence-electron chi connectivity index (χ1n) is 13.0. The fourth-order valence-electron chi connectivity index (χ4n) is 4.96. The molecule has 1 amide bonds. The van der Waals surface area contributed by atoms with Gasteiger partial charge in [-0.1, -0.05) is 26.2 Å². The van der Waals surface area contributed by atoms with Crippen molar-refractivity contribution in [2.75, 3.05) is 6.54 Å². The third-order valence-corrected chi connectivity index (χ3v) is 7.37. The third-order valence-electron chi connectivity index (χ3n) is 7.37. The number of unbranched alkanes of at least 4 members (excludes halogenated alkanes) is 3. The summed E-state index contributed by atoms with van der Waals surface area (Å²) in [5.41, 5.74) is 2.60. The van der Waals surface area contributed by atoms with E-state index in [1.165, 1.54) is 0 Å². The molecule has 7 nitrogen and oxygen atoms in total. The number of hydrogen-bond acceptors (Lipinski definition) is 5. The Hall–Kier alpha value is -2.83. The van der Waals surface area contributed by atoms with Gasteiger partial charge in [-0.2, -0.15) is 0 Å². The van der Waals surface area contributed by atoms with Crippen LogP contribution in [-0.2, 0) is 16.0 Å². The lowest BCUT2D eigenvalue weighted by Crippen LogP contribution is -2.39. The minimum absolute atomic E-state index is 0.218. The SMILES string of the molecule is CCCCCCc1c(C)c2ccc(O[C@H](C)C(=O)NCC3CCC(C(=O)O)CC3)c(C)c2oc1=O. The zero-order valence-electron chi connectivity index (χ0n) is 21.4. The maximum absolute atomic E-state index is 12.7. The van der Waals surface area contributed by atoms with E-state index < -0.39 is 12.1 Å². The molecule has 35 heavy (non-hydrogen) atoms. The largest absolute Gasteiger partial charge is 0.481 e. The summed E-state index contributed by atoms with van der Waals surface area (Å²) < 4.78 is 11.7. The van der Waals surface area contributed by atoms with Crippen molar-refractivity contribution in [2.24, 2.45) is 11.8 Å². The normalized spacial score (nSPS) is 18.9. The van der Waals surface area contributed by atoms with Crippen LogP contribution < -0.4 is 15.7 Å². The topological polar surface area (TPSA) is 106 Å². The lowest BCUT2D eigenvalue weighted by Gasteiger charge is -2.26. The van der Waals surface area contributed by atoms with E-state index in [-0.39, 0.29) is 23.4 Å². The van der Waals surface area contributed by atoms with E-state index >= 15 is 0 Å². The highest BCUT2D eigenvalue weighted by Gasteiger charge is 2.27. The number of fused-ring (bicyclic) bond motifs is 1. The van der Waals surface area contributed by atoms with Crippen molar-refractivity contribution in [3.63, 3.8) is 0 Å². The zero-order chi connectivity index (χ0) is 25.5. The van der Waals surface area contributed by atoms with Crippen LogP contribution in [-0.4, -0.2) is 29.6 Å². The number of hydrogen-bond donors (Lipinski definition) is 2. The summed E-state index contributed by atoms with van der Waals surface area (Å²) in [5, 5.41) is 13.0. The fraction of sp³-hybridized carbons (Fsp3) is 0.607. The van der Waals surface area contributed by atoms with E-state index in [4.69, 9.17) is 14.3 Å². The number of amides is 1. The molecule has 1 aromatic heterocycles. The van der Waals surface area contributed by atoms with Crippen LogP contribution in [0.2, 0.25) is 0 Å². The minimum Gasteiger partial charge on any atom is -0.481 e. The number of carboxylic acid groups (broad SMARTS) is 1. The predicted octanol–water partition coefficient (Wildman–Crippen LogP) is 5.31. The van der Waals surface area contributed by atoms with Crippen LogP contribution in [0.25, 0.3) is 11.0 Å². The number of aliphatic carboxylic acids is 1. The van der Waals surface area contributed by atoms with Crippen LogP contribution in [0.15, 0.2) is 21.3 Å². The van der Waals surface area contributed by atoms with Crippen LogP contribution >= 0.6 is 0 Å². The van der Waals surface area contributed by atoms with Crippen LogP contribution in [0.1, 0.15) is 81.9 Å². The van der Waals surface area contributed by atoms with Gasteiger partial charge in [0.2, 0.25) is 0 Å². The van der Waals surface area contributed by atoms with Crippen LogP contribution in [0.5, 0.6) is 5.75 Å². The van der Waals surface area contributed by atoms with Gasteiger partial charge in [0.25, 0.3) is 5.91 Å². The Morgan fingerprint density at radius 3 is 2.49 bits per heavy atom. The number of carboxylic acids is 1. The van der Waals surface area contributed by atoms with E-state index in [9.17, 15) is 14.4 Å². The predicted molar refractivity (Wildman–Crippen MR) is 136 cm³/mol. The quantitative estimate of drug-likeness (QED) is 0.330. The molecule has 1 aliphatic rings. The molecular weight excluding hydrogens is 446 g/mol. The van der Waals surface area contributed by atoms with Gasteiger partial charge in [-0.3, -0.25) is 9.59 Å². The van der Waals surface area contributed by atoms with E-state index in [0.29, 0.717) is 36.3 Å². The van der Waals surface area contributed by atoms with Crippen molar-refractivity contribution in [2.45, 2.75) is 91.6 Å². The van der Waals surface area contributed by atoms with Gasteiger partial charge in [0, 0.05) is 23.1 Å². The average molecular weight is 486 g/mol. The Bertz CT molecular complexity index is 1100. The van der Waals surface area contributed by atoms with E-state index in [0.717, 1.165) is 61.5 Å². The molecule has 2 aromatic rings. The number of rotatable bonds is 11. The van der Waals surface area contributed by atoms with Gasteiger partial charge in [-0.15, -0.1) is 0 Å². The van der Waals surface area contributed by atoms with Crippen molar-refractivity contribution >= 4 is 22.8 Å². The van der Waals surface area contributed by atoms with Gasteiger partial charge >= 0.3 is 11.6 Å². The Morgan fingerprint density at radius 1 is 1.11 bits per heavy atom. The molecular formula is C28H39NO6. The summed E-state index contributed by atoms with van der Waals surface area (Å²) in [6.07, 6.45) is 7.30. The molecule has 7 heteroatoms. The number of carbonyl (C=O) groups is 2. The molecule has 0 spiro atoms. The second kappa shape index (κ2) is 12.2. The summed E-state index contributed by atoms with van der Waals surface area (Å²) in [6.45, 7) is 8.18. The Morgan fingerprint density at radius 2 is 1.83 bits per heavy atom. The van der Waals surface area contributed by atoms with Crippen LogP contribution in [0.4, 0.5) is 0 Å². The number of aryl methyl sites for hydroxylation is 2. The van der Waals surface area contributed by atoms with E-state index in [2.05, 4.69) is 12.2 Å². The standard InChI is InChI=1S/C28H39NO6/c1-5-6-7-8-9-23-17(2)22-14-15-24(18(3)25(22)35-28(23)33)34-19(4)26(30)29-16-20-10-12-21(13-11-20)27(31)32/h14-15,19-21H,5-13,16H2,1-4H3,(H,29,30)(H,31,32)/t19-,20?,21?/m1/s1. The molecule has 0 saturated heterocycles. The number of benzene rings is 1. The van der Waals surface area contributed by atoms with Crippen molar-refractivity contribution in [1.82, 2.24) is 5.32 Å². The third kappa shape index (κ3) is 6.65. The molecule has 1 aliphatic carbocycles. The summed E-state index contributed by atoms with van der Waals surface area (Å²) in [6, 6.07) is 3.74. The van der Waals surface area contributed by atoms with E-state index in [1.54, 1.807) is 6.92 Å². The van der Waals surface area contributed by atoms with Crippen molar-refractivity contribution in [3.05, 3.63) is 39.2 Å². The molecule has 0 unspecified atom stereocenters. The summed E-state index contributed by atoms with van der Waals surface area (Å²) in [5.74, 6) is -0.404. The second-order valence-electron chi connectivity index (χ2n) is 9.93. The van der Waals surface area contributed by atoms with Gasteiger partial charge in [0.05, 0.1) is 5.92 Å². The van der Waals surface area contributed by atoms with Crippen LogP contribution in [0.3, 0.4) is 0 Å². The highest BCUT2D eigenvalue weighted by Crippen LogP contribution is 2.31. The summed E-state index contributed by atoms with van der Waals surface area (Å²) in [4.78, 5) is 36.4. The first-order chi connectivity index (χ1) is 16.7. The molecule has 192 valence electrons. The number of nitrogens with one attached hydrogen (secondary N) is 1. The zero-order valence-corrected chi connectivity index (χ0v) is 21.4. The van der Waals surface area contributed by atoms with Gasteiger partial charge in [0.1, 0.15) is 11.3 Å². The molecule has 0 aliphatic heterocycles. The molecule has 2 N–H and O–H groups in total. The molecule has 1 saturated carbocycles. The van der Waals surface area contributed by atoms with Gasteiger partial charge in [-0.25, -0.2) is 4.79 Å². The molecule has 0 bridgehead atoms. The molecule has 0 radical (unpaired) electrons. The first kappa shape index (κ1) is 26.8. The maximum Gasteiger partial charge on any atom is 0.339 e. The highest BCUT2D eigenvalue weighted by molar-refractivity contribution is 5.86. The lowest BCUT2D eigenvalue weighted by molar-refractivity contribution is -0.143. The number of carbonyl (C=O) groups excluding carboxylic acids is 1. The lowest BCUT2D eigenvalue weighted by atomic mass is 9.82. The Balaban J connectivity index is 1.63. The molecule has 1 aromatic carbocycles. The molecule has 1 heterocycles. The van der Waals surface area contributed by atoms with Gasteiger partial charge in [-0.05, 0) is 82.9 Å². The van der Waals surface area contributed by atoms with Gasteiger partial charge < -0.3 is 19.6 Å². The summed E-state index contributed by atoms with van der Waals surface area (Å²) >= 11 is 0. The number of ether oxygens (including phenoxy) is 1. The smallest absolute Gasteiger partial charge is 0.339 e. The Kier molecular flexibility index (Phi) is 9.35. The second-order valence-corrected chi connectivity index (χ2v) is 9.93. The van der Waals surface area contributed by atoms with Crippen molar-refractivity contribution < 1.29 is 23.8 Å². The monoisotopic (exact) mass is 485 g/mol. The van der Waals surface area contributed by atoms with Crippen LogP contribution in [0, 0.1) is 25.7 Å². The minimum atomic E-state index is -0.727. The molecule has 3 rings (SSSR count). The van der Waals surface area contributed by atoms with Gasteiger partial charge in [0.15, 0.2) is 6.10 Å². The van der Waals surface area contributed by atoms with E-state index in [1.807, 2.05) is 26.0 Å². The maximum atomic E-state index is 12.7. The van der Waals surface area contributed by atoms with Crippen molar-refractivity contribution in [3.8, 4) is 5.75 Å². The Labute approximate surface area is 207 Å².